The summed E-state index contributed by atoms with van der Waals surface area (Å²) in [5, 5.41) is 2.50. The normalized spacial score (nSPS) is 12.9. The van der Waals surface area contributed by atoms with E-state index in [9.17, 15) is 0 Å². The molecule has 26 heavy (non-hydrogen) atoms. The van der Waals surface area contributed by atoms with Gasteiger partial charge in [-0.15, -0.1) is 0 Å². The first-order valence-electron chi connectivity index (χ1n) is 8.95. The Morgan fingerprint density at radius 2 is 1.31 bits per heavy atom. The van der Waals surface area contributed by atoms with Gasteiger partial charge in [0.05, 0.1) is 6.10 Å². The third-order valence-electron chi connectivity index (χ3n) is 4.31. The maximum absolute atomic E-state index is 6.87. The fourth-order valence-corrected chi connectivity index (χ4v) is 5.39. The molecule has 3 rings (SSSR count). The summed E-state index contributed by atoms with van der Waals surface area (Å²) in [6.45, 7) is 6.66. The van der Waals surface area contributed by atoms with E-state index < -0.39 is 9.04 Å². The van der Waals surface area contributed by atoms with Gasteiger partial charge in [0.1, 0.15) is 0 Å². The molecule has 1 unspecified atom stereocenters. The second kappa shape index (κ2) is 7.90. The summed E-state index contributed by atoms with van der Waals surface area (Å²) in [7, 11) is -1.38. The highest BCUT2D eigenvalue weighted by atomic mass is 28.3. The maximum Gasteiger partial charge on any atom is 0.283 e. The van der Waals surface area contributed by atoms with Crippen molar-refractivity contribution in [1.82, 2.24) is 0 Å². The van der Waals surface area contributed by atoms with Gasteiger partial charge >= 0.3 is 0 Å². The molecule has 0 fully saturated rings. The summed E-state index contributed by atoms with van der Waals surface area (Å²) in [5.41, 5.74) is 7.90. The molecule has 1 radical (unpaired) electrons. The van der Waals surface area contributed by atoms with Gasteiger partial charge in [-0.1, -0.05) is 93.6 Å². The van der Waals surface area contributed by atoms with Gasteiger partial charge in [0.25, 0.3) is 9.04 Å². The Balaban J connectivity index is 2.03. The molecule has 3 aromatic carbocycles. The molecule has 2 nitrogen and oxygen atoms in total. The van der Waals surface area contributed by atoms with Crippen LogP contribution in [0.15, 0.2) is 84.9 Å². The summed E-state index contributed by atoms with van der Waals surface area (Å²) in [6.07, 6.45) is -0.0414. The quantitative estimate of drug-likeness (QED) is 0.547. The van der Waals surface area contributed by atoms with Gasteiger partial charge in [0.2, 0.25) is 0 Å². The van der Waals surface area contributed by atoms with Gasteiger partial charge in [-0.2, -0.15) is 0 Å². The molecule has 3 aromatic rings. The van der Waals surface area contributed by atoms with Crippen molar-refractivity contribution in [2.75, 3.05) is 5.73 Å². The number of hydrogen-bond acceptors (Lipinski definition) is 2. The van der Waals surface area contributed by atoms with Gasteiger partial charge in [-0.05, 0) is 33.5 Å². The highest BCUT2D eigenvalue weighted by Crippen LogP contribution is 2.37. The maximum atomic E-state index is 6.87. The van der Waals surface area contributed by atoms with E-state index in [0.29, 0.717) is 0 Å². The predicted octanol–water partition coefficient (Wildman–Crippen LogP) is 4.18. The lowest BCUT2D eigenvalue weighted by molar-refractivity contribution is 0.0897. The fraction of sp³-hybridized carbons (Fsp3) is 0.217. The highest BCUT2D eigenvalue weighted by Gasteiger charge is 2.32. The molecule has 0 saturated carbocycles. The van der Waals surface area contributed by atoms with Crippen molar-refractivity contribution in [2.24, 2.45) is 5.41 Å². The van der Waals surface area contributed by atoms with Crippen molar-refractivity contribution in [1.29, 1.82) is 0 Å². The Hall–Kier alpha value is -2.36. The van der Waals surface area contributed by atoms with Gasteiger partial charge in [-0.3, -0.25) is 0 Å². The van der Waals surface area contributed by atoms with E-state index in [1.165, 1.54) is 10.4 Å². The lowest BCUT2D eigenvalue weighted by atomic mass is 9.85. The van der Waals surface area contributed by atoms with Crippen LogP contribution in [0.5, 0.6) is 0 Å². The van der Waals surface area contributed by atoms with Crippen molar-refractivity contribution in [2.45, 2.75) is 26.9 Å². The van der Waals surface area contributed by atoms with Crippen LogP contribution in [0.2, 0.25) is 0 Å². The van der Waals surface area contributed by atoms with Crippen molar-refractivity contribution < 1.29 is 4.43 Å². The largest absolute Gasteiger partial charge is 0.400 e. The van der Waals surface area contributed by atoms with Crippen LogP contribution in [0.25, 0.3) is 0 Å². The van der Waals surface area contributed by atoms with Crippen LogP contribution >= 0.6 is 0 Å². The summed E-state index contributed by atoms with van der Waals surface area (Å²) >= 11 is 0. The monoisotopic (exact) mass is 360 g/mol. The van der Waals surface area contributed by atoms with Crippen molar-refractivity contribution >= 4 is 25.1 Å². The number of hydrogen-bond donors (Lipinski definition) is 1. The van der Waals surface area contributed by atoms with Crippen LogP contribution in [0, 0.1) is 5.41 Å². The standard InChI is InChI=1S/C23H26NOSi/c1-23(2,3)22(18-11-10-12-19(24)17-18)25-26(20-13-6-4-7-14-20)21-15-8-5-9-16-21/h4-17,22H,24H2,1-3H3. The van der Waals surface area contributed by atoms with Gasteiger partial charge < -0.3 is 10.2 Å². The number of rotatable bonds is 5. The lowest BCUT2D eigenvalue weighted by Crippen LogP contribution is -2.47. The molecule has 0 saturated heterocycles. The average Bonchev–Trinajstić information content (AvgIpc) is 2.63. The topological polar surface area (TPSA) is 35.2 Å². The molecule has 2 N–H and O–H groups in total. The molecule has 0 amide bonds. The van der Waals surface area contributed by atoms with Crippen LogP contribution in [0.4, 0.5) is 5.69 Å². The predicted molar refractivity (Wildman–Crippen MR) is 112 cm³/mol. The molecule has 1 atom stereocenters. The molecule has 3 heteroatoms. The Morgan fingerprint density at radius 3 is 1.77 bits per heavy atom. The molecule has 0 aliphatic heterocycles. The molecule has 0 spiro atoms. The first kappa shape index (κ1) is 18.4. The Bertz CT molecular complexity index is 788. The van der Waals surface area contributed by atoms with Crippen LogP contribution < -0.4 is 16.1 Å². The number of benzene rings is 3. The minimum atomic E-state index is -1.38. The SMILES string of the molecule is CC(C)(C)C(O[Si](c1ccccc1)c1ccccc1)c1cccc(N)c1. The molecule has 0 aliphatic rings. The van der Waals surface area contributed by atoms with Crippen LogP contribution in [0.1, 0.15) is 32.4 Å². The summed E-state index contributed by atoms with van der Waals surface area (Å²) in [5.74, 6) is 0. The van der Waals surface area contributed by atoms with E-state index in [2.05, 4.69) is 75.4 Å². The second-order valence-corrected chi connectivity index (χ2v) is 9.64. The molecule has 0 aliphatic carbocycles. The fourth-order valence-electron chi connectivity index (χ4n) is 3.07. The van der Waals surface area contributed by atoms with Crippen molar-refractivity contribution in [3.8, 4) is 0 Å². The zero-order chi connectivity index (χ0) is 18.6. The highest BCUT2D eigenvalue weighted by molar-refractivity contribution is 6.80. The Kier molecular flexibility index (Phi) is 5.60. The first-order chi connectivity index (χ1) is 12.4. The van der Waals surface area contributed by atoms with E-state index in [-0.39, 0.29) is 11.5 Å². The van der Waals surface area contributed by atoms with Crippen LogP contribution in [-0.2, 0) is 4.43 Å². The third kappa shape index (κ3) is 4.42. The minimum absolute atomic E-state index is 0.0414. The molecule has 133 valence electrons. The third-order valence-corrected chi connectivity index (χ3v) is 6.49. The van der Waals surface area contributed by atoms with Crippen molar-refractivity contribution in [3.63, 3.8) is 0 Å². The summed E-state index contributed by atoms with van der Waals surface area (Å²) < 4.78 is 6.87. The van der Waals surface area contributed by atoms with Crippen LogP contribution in [0.3, 0.4) is 0 Å². The molecular weight excluding hydrogens is 334 g/mol. The van der Waals surface area contributed by atoms with E-state index in [1.54, 1.807) is 0 Å². The van der Waals surface area contributed by atoms with E-state index in [0.717, 1.165) is 11.3 Å². The first-order valence-corrected chi connectivity index (χ1v) is 10.4. The van der Waals surface area contributed by atoms with E-state index in [4.69, 9.17) is 10.2 Å². The number of nitrogen functional groups attached to an aromatic ring is 1. The average molecular weight is 361 g/mol. The molecule has 0 bridgehead atoms. The molecule has 0 aromatic heterocycles. The Labute approximate surface area is 158 Å². The van der Waals surface area contributed by atoms with Crippen molar-refractivity contribution in [3.05, 3.63) is 90.5 Å². The van der Waals surface area contributed by atoms with E-state index >= 15 is 0 Å². The second-order valence-electron chi connectivity index (χ2n) is 7.60. The smallest absolute Gasteiger partial charge is 0.283 e. The zero-order valence-electron chi connectivity index (χ0n) is 15.6. The summed E-state index contributed by atoms with van der Waals surface area (Å²) in [4.78, 5) is 0. The zero-order valence-corrected chi connectivity index (χ0v) is 16.6. The molecular formula is C23H26NOSi. The molecule has 0 heterocycles. The van der Waals surface area contributed by atoms with Crippen LogP contribution in [-0.4, -0.2) is 9.04 Å². The van der Waals surface area contributed by atoms with E-state index in [1.807, 2.05) is 30.3 Å². The Morgan fingerprint density at radius 1 is 0.769 bits per heavy atom. The summed E-state index contributed by atoms with van der Waals surface area (Å²) in [6, 6.07) is 29.2. The number of nitrogens with two attached hydrogens (primary N) is 1. The van der Waals surface area contributed by atoms with Gasteiger partial charge in [0.15, 0.2) is 0 Å². The minimum Gasteiger partial charge on any atom is -0.400 e. The van der Waals surface area contributed by atoms with Gasteiger partial charge in [0, 0.05) is 5.69 Å². The van der Waals surface area contributed by atoms with Gasteiger partial charge in [-0.25, -0.2) is 0 Å². The number of anilines is 1. The lowest BCUT2D eigenvalue weighted by Gasteiger charge is -2.34.